The van der Waals surface area contributed by atoms with Gasteiger partial charge in [0, 0.05) is 23.0 Å². The van der Waals surface area contributed by atoms with Crippen LogP contribution in [-0.2, 0) is 22.8 Å². The summed E-state index contributed by atoms with van der Waals surface area (Å²) >= 11 is 1.68. The molecule has 2 atom stereocenters. The number of halogens is 3. The Kier molecular flexibility index (Phi) is 8.26. The molecule has 4 rings (SSSR count). The highest BCUT2D eigenvalue weighted by atomic mass is 32.1. The van der Waals surface area contributed by atoms with Crippen LogP contribution in [0.25, 0.3) is 0 Å². The zero-order chi connectivity index (χ0) is 28.5. The number of carbonyl (C=O) groups is 2. The predicted molar refractivity (Wildman–Crippen MR) is 149 cm³/mol. The molecule has 0 fully saturated rings. The van der Waals surface area contributed by atoms with Crippen LogP contribution in [0.15, 0.2) is 60.0 Å². The lowest BCUT2D eigenvalue weighted by atomic mass is 9.85. The topological polar surface area (TPSA) is 40.6 Å². The molecule has 1 aliphatic heterocycles. The fourth-order valence-electron chi connectivity index (χ4n) is 4.99. The second-order valence-corrected chi connectivity index (χ2v) is 12.2. The highest BCUT2D eigenvalue weighted by Gasteiger charge is 2.36. The fraction of sp³-hybridized carbons (Fsp3) is 0.419. The molecule has 4 nitrogen and oxygen atoms in total. The van der Waals surface area contributed by atoms with E-state index in [0.29, 0.717) is 13.0 Å². The lowest BCUT2D eigenvalue weighted by Crippen LogP contribution is -2.49. The first-order valence-electron chi connectivity index (χ1n) is 13.3. The first-order valence-corrected chi connectivity index (χ1v) is 14.1. The molecule has 0 aliphatic carbocycles. The van der Waals surface area contributed by atoms with Gasteiger partial charge in [0.1, 0.15) is 6.54 Å². The van der Waals surface area contributed by atoms with Gasteiger partial charge in [0.25, 0.3) is 5.91 Å². The highest BCUT2D eigenvalue weighted by Crippen LogP contribution is 2.39. The van der Waals surface area contributed by atoms with Crippen molar-refractivity contribution in [2.75, 3.05) is 13.1 Å². The minimum Gasteiger partial charge on any atom is -0.330 e. The van der Waals surface area contributed by atoms with Gasteiger partial charge in [0.2, 0.25) is 5.91 Å². The summed E-state index contributed by atoms with van der Waals surface area (Å²) in [6.07, 6.45) is -3.28. The van der Waals surface area contributed by atoms with Gasteiger partial charge in [-0.15, -0.1) is 11.3 Å². The zero-order valence-corrected chi connectivity index (χ0v) is 23.8. The van der Waals surface area contributed by atoms with Gasteiger partial charge in [-0.3, -0.25) is 9.59 Å². The molecule has 2 aromatic carbocycles. The third-order valence-corrected chi connectivity index (χ3v) is 8.50. The van der Waals surface area contributed by atoms with Crippen LogP contribution in [0.1, 0.15) is 84.6 Å². The Morgan fingerprint density at radius 2 is 1.74 bits per heavy atom. The van der Waals surface area contributed by atoms with Crippen molar-refractivity contribution in [3.8, 4) is 0 Å². The normalized spacial score (nSPS) is 16.5. The van der Waals surface area contributed by atoms with Crippen molar-refractivity contribution < 1.29 is 22.8 Å². The van der Waals surface area contributed by atoms with Crippen molar-refractivity contribution in [2.24, 2.45) is 0 Å². The summed E-state index contributed by atoms with van der Waals surface area (Å²) < 4.78 is 39.9. The number of carbonyl (C=O) groups excluding carboxylic acids is 2. The maximum absolute atomic E-state index is 13.9. The van der Waals surface area contributed by atoms with Crippen LogP contribution >= 0.6 is 11.3 Å². The average molecular weight is 557 g/mol. The minimum atomic E-state index is -4.56. The Hall–Kier alpha value is -3.13. The molecule has 8 heteroatoms. The summed E-state index contributed by atoms with van der Waals surface area (Å²) in [4.78, 5) is 31.8. The Labute approximate surface area is 232 Å². The summed E-state index contributed by atoms with van der Waals surface area (Å²) in [7, 11) is 0. The number of amides is 2. The number of fused-ring (bicyclic) bond motifs is 1. The fourth-order valence-corrected chi connectivity index (χ4v) is 5.89. The van der Waals surface area contributed by atoms with E-state index in [4.69, 9.17) is 0 Å². The first-order chi connectivity index (χ1) is 18.3. The van der Waals surface area contributed by atoms with Crippen molar-refractivity contribution in [3.05, 3.63) is 92.7 Å². The summed E-state index contributed by atoms with van der Waals surface area (Å²) in [6, 6.07) is 14.2. The van der Waals surface area contributed by atoms with Gasteiger partial charge in [0.05, 0.1) is 11.6 Å². The Morgan fingerprint density at radius 3 is 2.36 bits per heavy atom. The van der Waals surface area contributed by atoms with Crippen molar-refractivity contribution in [3.63, 3.8) is 0 Å². The van der Waals surface area contributed by atoms with E-state index in [1.54, 1.807) is 11.3 Å². The molecular formula is C31H35F3N2O2S. The number of rotatable bonds is 6. The maximum Gasteiger partial charge on any atom is 0.416 e. The molecule has 0 bridgehead atoms. The molecule has 0 radical (unpaired) electrons. The van der Waals surface area contributed by atoms with Crippen molar-refractivity contribution in [2.45, 2.75) is 71.1 Å². The predicted octanol–water partition coefficient (Wildman–Crippen LogP) is 7.48. The minimum absolute atomic E-state index is 0.00524. The molecule has 39 heavy (non-hydrogen) atoms. The van der Waals surface area contributed by atoms with Gasteiger partial charge >= 0.3 is 6.18 Å². The number of alkyl halides is 3. The summed E-state index contributed by atoms with van der Waals surface area (Å²) in [5.41, 5.74) is 2.31. The smallest absolute Gasteiger partial charge is 0.330 e. The molecule has 2 amide bonds. The zero-order valence-electron chi connectivity index (χ0n) is 23.0. The van der Waals surface area contributed by atoms with Crippen molar-refractivity contribution in [1.82, 2.24) is 9.80 Å². The van der Waals surface area contributed by atoms with Crippen LogP contribution in [0, 0.1) is 0 Å². The molecule has 0 unspecified atom stereocenters. The Balaban J connectivity index is 1.65. The Morgan fingerprint density at radius 1 is 1.05 bits per heavy atom. The van der Waals surface area contributed by atoms with Gasteiger partial charge in [-0.05, 0) is 71.5 Å². The largest absolute Gasteiger partial charge is 0.416 e. The van der Waals surface area contributed by atoms with Crippen LogP contribution < -0.4 is 0 Å². The third-order valence-electron chi connectivity index (χ3n) is 7.50. The van der Waals surface area contributed by atoms with Crippen LogP contribution in [-0.4, -0.2) is 40.7 Å². The van der Waals surface area contributed by atoms with E-state index < -0.39 is 17.6 Å². The second kappa shape index (κ2) is 11.2. The number of thiophene rings is 1. The second-order valence-electron chi connectivity index (χ2n) is 11.2. The van der Waals surface area contributed by atoms with Crippen LogP contribution in [0.3, 0.4) is 0 Å². The van der Waals surface area contributed by atoms with E-state index in [-0.39, 0.29) is 35.5 Å². The summed E-state index contributed by atoms with van der Waals surface area (Å²) in [5.74, 6) is -0.805. The monoisotopic (exact) mass is 556 g/mol. The van der Waals surface area contributed by atoms with Gasteiger partial charge in [-0.25, -0.2) is 0 Å². The molecule has 3 aromatic rings. The van der Waals surface area contributed by atoms with Crippen molar-refractivity contribution >= 4 is 23.2 Å². The van der Waals surface area contributed by atoms with Gasteiger partial charge in [0.15, 0.2) is 0 Å². The average Bonchev–Trinajstić information content (AvgIpc) is 3.38. The number of hydrogen-bond donors (Lipinski definition) is 0. The number of nitrogens with zero attached hydrogens (tertiary/aromatic N) is 2. The SMILES string of the molecule is CC[C@@H](C)N(CC(=O)N1CCc2sccc2[C@H]1c1ccc(C(C)(C)C)cc1)C(=O)c1cccc(C(F)(F)F)c1. The summed E-state index contributed by atoms with van der Waals surface area (Å²) in [5, 5.41) is 2.04. The molecule has 0 saturated heterocycles. The van der Waals surface area contributed by atoms with E-state index in [1.165, 1.54) is 27.5 Å². The van der Waals surface area contributed by atoms with Crippen LogP contribution in [0.5, 0.6) is 0 Å². The lowest BCUT2D eigenvalue weighted by molar-refractivity contribution is -0.137. The number of hydrogen-bond acceptors (Lipinski definition) is 3. The molecule has 208 valence electrons. The molecular weight excluding hydrogens is 521 g/mol. The highest BCUT2D eigenvalue weighted by molar-refractivity contribution is 7.10. The van der Waals surface area contributed by atoms with Crippen LogP contribution in [0.2, 0.25) is 0 Å². The molecule has 0 spiro atoms. The molecule has 1 aromatic heterocycles. The number of benzene rings is 2. The van der Waals surface area contributed by atoms with Crippen LogP contribution in [0.4, 0.5) is 13.2 Å². The van der Waals surface area contributed by atoms with E-state index in [2.05, 4.69) is 51.1 Å². The standard InChI is InChI=1S/C31H35F3N2O2S/c1-6-20(2)36(29(38)22-8-7-9-24(18-22)31(32,33)34)19-27(37)35-16-14-26-25(15-17-39-26)28(35)21-10-12-23(13-11-21)30(3,4)5/h7-13,15,17-18,20,28H,6,14,16,19H2,1-5H3/t20-,28-/m1/s1. The van der Waals surface area contributed by atoms with Gasteiger partial charge < -0.3 is 9.80 Å². The third kappa shape index (κ3) is 6.21. The van der Waals surface area contributed by atoms with E-state index in [9.17, 15) is 22.8 Å². The Bertz CT molecular complexity index is 1320. The quantitative estimate of drug-likeness (QED) is 0.316. The first kappa shape index (κ1) is 28.9. The maximum atomic E-state index is 13.9. The molecule has 1 aliphatic rings. The molecule has 0 N–H and O–H groups in total. The van der Waals surface area contributed by atoms with Gasteiger partial charge in [-0.1, -0.05) is 58.0 Å². The van der Waals surface area contributed by atoms with Crippen molar-refractivity contribution in [1.29, 1.82) is 0 Å². The van der Waals surface area contributed by atoms with E-state index >= 15 is 0 Å². The van der Waals surface area contributed by atoms with Gasteiger partial charge in [-0.2, -0.15) is 13.2 Å². The summed E-state index contributed by atoms with van der Waals surface area (Å²) in [6.45, 7) is 10.5. The molecule has 2 heterocycles. The van der Waals surface area contributed by atoms with E-state index in [0.717, 1.165) is 29.7 Å². The van der Waals surface area contributed by atoms with E-state index in [1.807, 2.05) is 24.1 Å². The lowest BCUT2D eigenvalue weighted by Gasteiger charge is -2.38. The molecule has 0 saturated carbocycles.